The lowest BCUT2D eigenvalue weighted by atomic mass is 10.0. The van der Waals surface area contributed by atoms with E-state index in [-0.39, 0.29) is 23.8 Å². The largest absolute Gasteiger partial charge is 0.321 e. The molecule has 1 aromatic rings. The monoisotopic (exact) mass is 201 g/mol. The van der Waals surface area contributed by atoms with Crippen LogP contribution in [0.4, 0.5) is 4.39 Å². The molecule has 0 radical (unpaired) electrons. The van der Waals surface area contributed by atoms with Crippen molar-refractivity contribution in [2.75, 3.05) is 0 Å². The normalized spacial score (nSPS) is 17.8. The lowest BCUT2D eigenvalue weighted by Crippen LogP contribution is -2.18. The number of halogens is 2. The van der Waals surface area contributed by atoms with Gasteiger partial charge < -0.3 is 5.73 Å². The first kappa shape index (κ1) is 10.5. The van der Waals surface area contributed by atoms with Gasteiger partial charge in [0.1, 0.15) is 5.82 Å². The molecule has 1 aliphatic rings. The van der Waals surface area contributed by atoms with E-state index in [1.165, 1.54) is 0 Å². The molecule has 1 fully saturated rings. The van der Waals surface area contributed by atoms with Crippen LogP contribution in [-0.4, -0.2) is 0 Å². The highest BCUT2D eigenvalue weighted by atomic mass is 35.5. The summed E-state index contributed by atoms with van der Waals surface area (Å²) in [4.78, 5) is 0. The van der Waals surface area contributed by atoms with Gasteiger partial charge in [0.05, 0.1) is 0 Å². The van der Waals surface area contributed by atoms with Crippen molar-refractivity contribution in [1.82, 2.24) is 0 Å². The molecule has 2 rings (SSSR count). The minimum Gasteiger partial charge on any atom is -0.321 e. The maximum atomic E-state index is 13.1. The van der Waals surface area contributed by atoms with Gasteiger partial charge in [0.25, 0.3) is 0 Å². The number of hydrogen-bond acceptors (Lipinski definition) is 1. The Kier molecular flexibility index (Phi) is 2.64. The molecule has 0 atom stereocenters. The summed E-state index contributed by atoms with van der Waals surface area (Å²) in [6.45, 7) is 1.76. The van der Waals surface area contributed by atoms with Crippen LogP contribution >= 0.6 is 12.4 Å². The summed E-state index contributed by atoms with van der Waals surface area (Å²) in [6, 6.07) is 5.27. The molecule has 13 heavy (non-hydrogen) atoms. The van der Waals surface area contributed by atoms with Crippen LogP contribution < -0.4 is 5.73 Å². The zero-order chi connectivity index (χ0) is 8.77. The third-order valence-electron chi connectivity index (χ3n) is 2.54. The van der Waals surface area contributed by atoms with Crippen LogP contribution in [0.25, 0.3) is 0 Å². The number of aryl methyl sites for hydroxylation is 1. The van der Waals surface area contributed by atoms with E-state index >= 15 is 0 Å². The van der Waals surface area contributed by atoms with Gasteiger partial charge in [-0.15, -0.1) is 12.4 Å². The molecule has 1 saturated carbocycles. The molecule has 72 valence electrons. The van der Waals surface area contributed by atoms with Gasteiger partial charge in [-0.05, 0) is 37.0 Å². The number of nitrogens with two attached hydrogens (primary N) is 1. The van der Waals surface area contributed by atoms with Gasteiger partial charge in [0.2, 0.25) is 0 Å². The highest BCUT2D eigenvalue weighted by Crippen LogP contribution is 2.42. The molecular formula is C10H13ClFN. The second-order valence-corrected chi connectivity index (χ2v) is 3.62. The van der Waals surface area contributed by atoms with Crippen molar-refractivity contribution in [2.24, 2.45) is 5.73 Å². The topological polar surface area (TPSA) is 26.0 Å². The fourth-order valence-corrected chi connectivity index (χ4v) is 1.33. The van der Waals surface area contributed by atoms with Gasteiger partial charge in [-0.25, -0.2) is 4.39 Å². The highest BCUT2D eigenvalue weighted by Gasteiger charge is 2.40. The maximum Gasteiger partial charge on any atom is 0.126 e. The van der Waals surface area contributed by atoms with E-state index in [4.69, 9.17) is 5.73 Å². The van der Waals surface area contributed by atoms with Gasteiger partial charge in [-0.2, -0.15) is 0 Å². The molecule has 0 heterocycles. The summed E-state index contributed by atoms with van der Waals surface area (Å²) in [5.41, 5.74) is 7.33. The van der Waals surface area contributed by atoms with Gasteiger partial charge in [-0.3, -0.25) is 0 Å². The van der Waals surface area contributed by atoms with Crippen LogP contribution in [0.15, 0.2) is 18.2 Å². The maximum absolute atomic E-state index is 13.1. The summed E-state index contributed by atoms with van der Waals surface area (Å²) in [5, 5.41) is 0. The Bertz CT molecular complexity index is 321. The van der Waals surface area contributed by atoms with E-state index in [1.807, 2.05) is 6.07 Å². The lowest BCUT2D eigenvalue weighted by molar-refractivity contribution is 0.609. The number of hydrogen-bond donors (Lipinski definition) is 1. The van der Waals surface area contributed by atoms with Gasteiger partial charge in [0.15, 0.2) is 0 Å². The minimum atomic E-state index is -0.214. The molecule has 0 spiro atoms. The van der Waals surface area contributed by atoms with Gasteiger partial charge in [0, 0.05) is 5.54 Å². The van der Waals surface area contributed by atoms with Crippen molar-refractivity contribution in [3.63, 3.8) is 0 Å². The SMILES string of the molecule is Cc1ccc(C2(N)CC2)cc1F.Cl. The first-order valence-electron chi connectivity index (χ1n) is 4.17. The van der Waals surface area contributed by atoms with Crippen molar-refractivity contribution in [2.45, 2.75) is 25.3 Å². The van der Waals surface area contributed by atoms with E-state index in [1.54, 1.807) is 19.1 Å². The molecule has 0 amide bonds. The molecule has 1 aromatic carbocycles. The van der Waals surface area contributed by atoms with Crippen LogP contribution in [0.5, 0.6) is 0 Å². The lowest BCUT2D eigenvalue weighted by Gasteiger charge is -2.09. The van der Waals surface area contributed by atoms with Crippen molar-refractivity contribution >= 4 is 12.4 Å². The van der Waals surface area contributed by atoms with E-state index in [0.29, 0.717) is 5.56 Å². The summed E-state index contributed by atoms with van der Waals surface area (Å²) in [6.07, 6.45) is 1.96. The Morgan fingerprint density at radius 2 is 2.00 bits per heavy atom. The standard InChI is InChI=1S/C10H12FN.ClH/c1-7-2-3-8(6-9(7)11)10(12)4-5-10;/h2-3,6H,4-5,12H2,1H3;1H. The second kappa shape index (κ2) is 3.28. The quantitative estimate of drug-likeness (QED) is 0.743. The third-order valence-corrected chi connectivity index (χ3v) is 2.54. The summed E-state index contributed by atoms with van der Waals surface area (Å²) >= 11 is 0. The van der Waals surface area contributed by atoms with Crippen LogP contribution in [-0.2, 0) is 5.54 Å². The zero-order valence-corrected chi connectivity index (χ0v) is 8.33. The van der Waals surface area contributed by atoms with E-state index in [0.717, 1.165) is 18.4 Å². The van der Waals surface area contributed by atoms with Crippen molar-refractivity contribution in [1.29, 1.82) is 0 Å². The summed E-state index contributed by atoms with van der Waals surface area (Å²) in [5.74, 6) is -0.149. The van der Waals surface area contributed by atoms with Crippen LogP contribution in [0.1, 0.15) is 24.0 Å². The predicted molar refractivity (Wildman–Crippen MR) is 53.5 cm³/mol. The van der Waals surface area contributed by atoms with Crippen molar-refractivity contribution in [3.8, 4) is 0 Å². The minimum absolute atomic E-state index is 0. The molecule has 0 saturated heterocycles. The Balaban J connectivity index is 0.000000845. The van der Waals surface area contributed by atoms with Gasteiger partial charge in [-0.1, -0.05) is 12.1 Å². The summed E-state index contributed by atoms with van der Waals surface area (Å²) < 4.78 is 13.1. The van der Waals surface area contributed by atoms with Crippen LogP contribution in [0.3, 0.4) is 0 Å². The first-order valence-corrected chi connectivity index (χ1v) is 4.17. The van der Waals surface area contributed by atoms with Crippen molar-refractivity contribution < 1.29 is 4.39 Å². The molecule has 1 aliphatic carbocycles. The van der Waals surface area contributed by atoms with Gasteiger partial charge >= 0.3 is 0 Å². The average Bonchev–Trinajstić information content (AvgIpc) is 2.75. The Morgan fingerprint density at radius 1 is 1.38 bits per heavy atom. The Hall–Kier alpha value is -0.600. The zero-order valence-electron chi connectivity index (χ0n) is 7.51. The van der Waals surface area contributed by atoms with Crippen LogP contribution in [0.2, 0.25) is 0 Å². The smallest absolute Gasteiger partial charge is 0.126 e. The second-order valence-electron chi connectivity index (χ2n) is 3.62. The van der Waals surface area contributed by atoms with E-state index in [2.05, 4.69) is 0 Å². The van der Waals surface area contributed by atoms with E-state index < -0.39 is 0 Å². The molecule has 0 bridgehead atoms. The molecule has 0 unspecified atom stereocenters. The third kappa shape index (κ3) is 1.84. The molecule has 0 aliphatic heterocycles. The number of rotatable bonds is 1. The van der Waals surface area contributed by atoms with Crippen molar-refractivity contribution in [3.05, 3.63) is 35.1 Å². The molecule has 3 heteroatoms. The molecule has 1 nitrogen and oxygen atoms in total. The molecule has 0 aromatic heterocycles. The fraction of sp³-hybridized carbons (Fsp3) is 0.400. The average molecular weight is 202 g/mol. The first-order chi connectivity index (χ1) is 5.62. The fourth-order valence-electron chi connectivity index (χ4n) is 1.33. The molecular weight excluding hydrogens is 189 g/mol. The molecule has 2 N–H and O–H groups in total. The van der Waals surface area contributed by atoms with E-state index in [9.17, 15) is 4.39 Å². The highest BCUT2D eigenvalue weighted by molar-refractivity contribution is 5.85. The predicted octanol–water partition coefficient (Wildman–Crippen LogP) is 2.50. The Labute approximate surface area is 83.5 Å². The summed E-state index contributed by atoms with van der Waals surface area (Å²) in [7, 11) is 0. The number of benzene rings is 1. The van der Waals surface area contributed by atoms with Crippen LogP contribution in [0, 0.1) is 12.7 Å². The Morgan fingerprint density at radius 3 is 2.46 bits per heavy atom.